The van der Waals surface area contributed by atoms with E-state index >= 15 is 0 Å². The third-order valence-corrected chi connectivity index (χ3v) is 5.80. The van der Waals surface area contributed by atoms with Crippen LogP contribution in [0.4, 0.5) is 5.82 Å². The van der Waals surface area contributed by atoms with E-state index in [0.29, 0.717) is 11.5 Å². The van der Waals surface area contributed by atoms with Crippen LogP contribution in [-0.4, -0.2) is 26.8 Å². The summed E-state index contributed by atoms with van der Waals surface area (Å²) >= 11 is -2.27. The molecule has 1 aliphatic carbocycles. The second kappa shape index (κ2) is 7.77. The van der Waals surface area contributed by atoms with E-state index in [9.17, 15) is 13.6 Å². The molecule has 0 radical (unpaired) electrons. The zero-order valence-corrected chi connectivity index (χ0v) is 16.6. The highest BCUT2D eigenvalue weighted by Gasteiger charge is 2.51. The number of carbonyl (C=O) groups is 1. The van der Waals surface area contributed by atoms with Crippen LogP contribution in [0.25, 0.3) is 11.3 Å². The van der Waals surface area contributed by atoms with Crippen LogP contribution in [0.5, 0.6) is 5.75 Å². The number of ether oxygens (including phenoxy) is 1. The monoisotopic (exact) mass is 407 g/mol. The van der Waals surface area contributed by atoms with Crippen molar-refractivity contribution in [3.63, 3.8) is 0 Å². The largest absolute Gasteiger partial charge is 0.768 e. The molecule has 7 heteroatoms. The molecular weight excluding hydrogens is 388 g/mol. The molecule has 4 rings (SSSR count). The Labute approximate surface area is 171 Å². The van der Waals surface area contributed by atoms with Crippen LogP contribution in [0.1, 0.15) is 18.4 Å². The van der Waals surface area contributed by atoms with Gasteiger partial charge in [0.2, 0.25) is 5.91 Å². The van der Waals surface area contributed by atoms with Gasteiger partial charge < -0.3 is 14.6 Å². The molecule has 0 saturated heterocycles. The standard InChI is InChI=1S/C22H20N2O4S/c1-28-17-5-2-4-16(14-17)22(12-13-22)21(25)24-20-7-3-6-19(23-20)15-8-10-18(11-9-15)29(26)27/h2-11,14H,12-13H2,1H3,(H,26,27)(H,23,24,25)/p-1. The zero-order chi connectivity index (χ0) is 20.4. The summed E-state index contributed by atoms with van der Waals surface area (Å²) in [5, 5.41) is 2.93. The maximum Gasteiger partial charge on any atom is 0.236 e. The predicted octanol–water partition coefficient (Wildman–Crippen LogP) is 3.67. The van der Waals surface area contributed by atoms with E-state index < -0.39 is 16.5 Å². The molecule has 1 aromatic heterocycles. The molecule has 3 aromatic rings. The summed E-state index contributed by atoms with van der Waals surface area (Å²) in [4.78, 5) is 17.7. The van der Waals surface area contributed by atoms with Gasteiger partial charge in [-0.05, 0) is 65.9 Å². The number of methoxy groups -OCH3 is 1. The number of benzene rings is 2. The number of amides is 1. The molecular formula is C22H19N2O4S-. The van der Waals surface area contributed by atoms with Gasteiger partial charge in [0.05, 0.1) is 18.2 Å². The fourth-order valence-corrected chi connectivity index (χ4v) is 3.69. The number of nitrogens with zero attached hydrogens (tertiary/aromatic N) is 1. The number of nitrogens with one attached hydrogen (secondary N) is 1. The first-order chi connectivity index (χ1) is 14.0. The SMILES string of the molecule is COc1cccc(C2(C(=O)Nc3cccc(-c4ccc(S(=O)[O-])cc4)n3)CC2)c1. The highest BCUT2D eigenvalue weighted by molar-refractivity contribution is 7.79. The van der Waals surface area contributed by atoms with Gasteiger partial charge >= 0.3 is 0 Å². The van der Waals surface area contributed by atoms with Crippen LogP contribution in [0.2, 0.25) is 0 Å². The fraction of sp³-hybridized carbons (Fsp3) is 0.182. The first-order valence-electron chi connectivity index (χ1n) is 9.15. The van der Waals surface area contributed by atoms with Crippen molar-refractivity contribution in [2.75, 3.05) is 12.4 Å². The van der Waals surface area contributed by atoms with E-state index in [-0.39, 0.29) is 10.8 Å². The molecule has 1 aliphatic rings. The minimum Gasteiger partial charge on any atom is -0.768 e. The molecule has 6 nitrogen and oxygen atoms in total. The minimum absolute atomic E-state index is 0.0903. The Kier molecular flexibility index (Phi) is 5.17. The molecule has 1 atom stereocenters. The highest BCUT2D eigenvalue weighted by Crippen LogP contribution is 2.49. The van der Waals surface area contributed by atoms with Gasteiger partial charge in [-0.3, -0.25) is 9.00 Å². The summed E-state index contributed by atoms with van der Waals surface area (Å²) in [6.07, 6.45) is 1.55. The number of aromatic nitrogens is 1. The number of carbonyl (C=O) groups excluding carboxylic acids is 1. The molecule has 29 heavy (non-hydrogen) atoms. The zero-order valence-electron chi connectivity index (χ0n) is 15.8. The highest BCUT2D eigenvalue weighted by atomic mass is 32.2. The van der Waals surface area contributed by atoms with E-state index in [0.717, 1.165) is 29.7 Å². The Morgan fingerprint density at radius 1 is 1.10 bits per heavy atom. The molecule has 0 spiro atoms. The van der Waals surface area contributed by atoms with Crippen LogP contribution in [0.3, 0.4) is 0 Å². The lowest BCUT2D eigenvalue weighted by molar-refractivity contribution is -0.118. The quantitative estimate of drug-likeness (QED) is 0.630. The van der Waals surface area contributed by atoms with E-state index in [2.05, 4.69) is 10.3 Å². The minimum atomic E-state index is -2.27. The molecule has 1 N–H and O–H groups in total. The fourth-order valence-electron chi connectivity index (χ4n) is 3.33. The maximum absolute atomic E-state index is 13.0. The number of hydrogen-bond acceptors (Lipinski definition) is 5. The van der Waals surface area contributed by atoms with Crippen LogP contribution in [-0.2, 0) is 21.3 Å². The maximum atomic E-state index is 13.0. The molecule has 1 unspecified atom stereocenters. The second-order valence-electron chi connectivity index (χ2n) is 6.94. The number of hydrogen-bond donors (Lipinski definition) is 1. The normalized spacial score (nSPS) is 15.4. The molecule has 1 fully saturated rings. The van der Waals surface area contributed by atoms with Gasteiger partial charge in [0.1, 0.15) is 11.6 Å². The van der Waals surface area contributed by atoms with Gasteiger partial charge in [0, 0.05) is 10.5 Å². The Morgan fingerprint density at radius 3 is 2.48 bits per heavy atom. The molecule has 0 aliphatic heterocycles. The van der Waals surface area contributed by atoms with Crippen molar-refractivity contribution in [1.82, 2.24) is 4.98 Å². The van der Waals surface area contributed by atoms with Gasteiger partial charge in [0.15, 0.2) is 0 Å². The number of pyridine rings is 1. The van der Waals surface area contributed by atoms with Crippen molar-refractivity contribution >= 4 is 22.8 Å². The van der Waals surface area contributed by atoms with Crippen LogP contribution < -0.4 is 10.1 Å². The van der Waals surface area contributed by atoms with Crippen LogP contribution >= 0.6 is 0 Å². The van der Waals surface area contributed by atoms with Crippen molar-refractivity contribution < 1.29 is 18.3 Å². The Morgan fingerprint density at radius 2 is 1.83 bits per heavy atom. The van der Waals surface area contributed by atoms with E-state index in [1.54, 1.807) is 25.3 Å². The summed E-state index contributed by atoms with van der Waals surface area (Å²) in [5.74, 6) is 1.09. The van der Waals surface area contributed by atoms with E-state index in [1.807, 2.05) is 36.4 Å². The summed E-state index contributed by atoms with van der Waals surface area (Å²) in [7, 11) is 1.61. The van der Waals surface area contributed by atoms with Crippen LogP contribution in [0.15, 0.2) is 71.6 Å². The van der Waals surface area contributed by atoms with Gasteiger partial charge in [-0.2, -0.15) is 0 Å². The molecule has 1 heterocycles. The van der Waals surface area contributed by atoms with Gasteiger partial charge in [0.25, 0.3) is 0 Å². The molecule has 1 amide bonds. The smallest absolute Gasteiger partial charge is 0.236 e. The van der Waals surface area contributed by atoms with Crippen molar-refractivity contribution in [3.8, 4) is 17.0 Å². The second-order valence-corrected chi connectivity index (χ2v) is 7.88. The lowest BCUT2D eigenvalue weighted by Crippen LogP contribution is -2.28. The lowest BCUT2D eigenvalue weighted by Gasteiger charge is -2.16. The average molecular weight is 407 g/mol. The van der Waals surface area contributed by atoms with Crippen molar-refractivity contribution in [3.05, 3.63) is 72.3 Å². The first-order valence-corrected chi connectivity index (χ1v) is 10.2. The van der Waals surface area contributed by atoms with Gasteiger partial charge in [-0.25, -0.2) is 4.98 Å². The molecule has 0 bridgehead atoms. The Bertz CT molecular complexity index is 1080. The van der Waals surface area contributed by atoms with Crippen LogP contribution in [0, 0.1) is 0 Å². The first kappa shape index (κ1) is 19.3. The van der Waals surface area contributed by atoms with E-state index in [4.69, 9.17) is 4.74 Å². The average Bonchev–Trinajstić information content (AvgIpc) is 3.56. The lowest BCUT2D eigenvalue weighted by atomic mass is 9.94. The van der Waals surface area contributed by atoms with Crippen molar-refractivity contribution in [1.29, 1.82) is 0 Å². The Balaban J connectivity index is 1.55. The Hall–Kier alpha value is -3.03. The third-order valence-electron chi connectivity index (χ3n) is 5.14. The van der Waals surface area contributed by atoms with Crippen molar-refractivity contribution in [2.45, 2.75) is 23.2 Å². The summed E-state index contributed by atoms with van der Waals surface area (Å²) < 4.78 is 27.3. The van der Waals surface area contributed by atoms with E-state index in [1.165, 1.54) is 12.1 Å². The van der Waals surface area contributed by atoms with Gasteiger partial charge in [-0.1, -0.05) is 30.3 Å². The summed E-state index contributed by atoms with van der Waals surface area (Å²) in [6, 6.07) is 19.4. The van der Waals surface area contributed by atoms with Crippen molar-refractivity contribution in [2.24, 2.45) is 0 Å². The predicted molar refractivity (Wildman–Crippen MR) is 109 cm³/mol. The topological polar surface area (TPSA) is 91.3 Å². The number of anilines is 1. The molecule has 148 valence electrons. The molecule has 1 saturated carbocycles. The third kappa shape index (κ3) is 3.92. The summed E-state index contributed by atoms with van der Waals surface area (Å²) in [5.41, 5.74) is 1.81. The number of rotatable bonds is 6. The summed E-state index contributed by atoms with van der Waals surface area (Å²) in [6.45, 7) is 0. The van der Waals surface area contributed by atoms with Gasteiger partial charge in [-0.15, -0.1) is 0 Å². The molecule has 2 aromatic carbocycles.